The van der Waals surface area contributed by atoms with Gasteiger partial charge in [0.25, 0.3) is 0 Å². The van der Waals surface area contributed by atoms with E-state index in [2.05, 4.69) is 39.0 Å². The summed E-state index contributed by atoms with van der Waals surface area (Å²) >= 11 is 0. The van der Waals surface area contributed by atoms with Crippen molar-refractivity contribution in [3.05, 3.63) is 5.82 Å². The molecule has 1 fully saturated rings. The molecule has 1 saturated heterocycles. The number of aromatic nitrogens is 3. The molecule has 2 heterocycles. The summed E-state index contributed by atoms with van der Waals surface area (Å²) < 4.78 is 0. The summed E-state index contributed by atoms with van der Waals surface area (Å²) in [4.78, 5) is 15.7. The summed E-state index contributed by atoms with van der Waals surface area (Å²) in [6.07, 6.45) is 3.78. The second kappa shape index (κ2) is 5.29. The molecule has 0 radical (unpaired) electrons. The van der Waals surface area contributed by atoms with E-state index < -0.39 is 0 Å². The van der Waals surface area contributed by atoms with Crippen molar-refractivity contribution < 1.29 is 0 Å². The van der Waals surface area contributed by atoms with Crippen LogP contribution in [-0.4, -0.2) is 35.1 Å². The van der Waals surface area contributed by atoms with Crippen LogP contribution in [0.5, 0.6) is 0 Å². The van der Waals surface area contributed by atoms with E-state index in [0.717, 1.165) is 24.9 Å². The minimum absolute atomic E-state index is 0.327. The van der Waals surface area contributed by atoms with Crippen molar-refractivity contribution >= 4 is 11.9 Å². The van der Waals surface area contributed by atoms with Crippen LogP contribution in [0, 0.1) is 0 Å². The number of hydrogen-bond acceptors (Lipinski definition) is 5. The fourth-order valence-electron chi connectivity index (χ4n) is 1.99. The monoisotopic (exact) mass is 235 g/mol. The summed E-state index contributed by atoms with van der Waals surface area (Å²) in [6.45, 7) is 6.33. The van der Waals surface area contributed by atoms with Crippen molar-refractivity contribution in [2.24, 2.45) is 0 Å². The van der Waals surface area contributed by atoms with E-state index in [1.807, 2.05) is 7.05 Å². The maximum Gasteiger partial charge on any atom is 0.230 e. The van der Waals surface area contributed by atoms with Gasteiger partial charge in [-0.3, -0.25) is 0 Å². The van der Waals surface area contributed by atoms with Crippen LogP contribution in [0.3, 0.4) is 0 Å². The molecule has 1 aliphatic heterocycles. The van der Waals surface area contributed by atoms with Gasteiger partial charge in [-0.2, -0.15) is 15.0 Å². The second-order valence-corrected chi connectivity index (χ2v) is 4.77. The molecule has 94 valence electrons. The highest BCUT2D eigenvalue weighted by Crippen LogP contribution is 2.19. The number of nitrogens with zero attached hydrogens (tertiary/aromatic N) is 4. The molecule has 1 aliphatic rings. The van der Waals surface area contributed by atoms with Crippen LogP contribution in [-0.2, 0) is 0 Å². The van der Waals surface area contributed by atoms with Gasteiger partial charge in [0.15, 0.2) is 0 Å². The molecule has 0 atom stereocenters. The SMILES string of the molecule is CNc1nc(C(C)C)nc(N2CCCCC2)n1. The van der Waals surface area contributed by atoms with Gasteiger partial charge >= 0.3 is 0 Å². The first-order chi connectivity index (χ1) is 8.20. The number of anilines is 2. The highest BCUT2D eigenvalue weighted by Gasteiger charge is 2.16. The van der Waals surface area contributed by atoms with Crippen LogP contribution in [0.25, 0.3) is 0 Å². The van der Waals surface area contributed by atoms with Crippen LogP contribution in [0.15, 0.2) is 0 Å². The van der Waals surface area contributed by atoms with Crippen LogP contribution in [0.4, 0.5) is 11.9 Å². The first-order valence-corrected chi connectivity index (χ1v) is 6.39. The van der Waals surface area contributed by atoms with Crippen LogP contribution >= 0.6 is 0 Å². The van der Waals surface area contributed by atoms with Gasteiger partial charge in [0.05, 0.1) is 0 Å². The molecule has 0 unspecified atom stereocenters. The van der Waals surface area contributed by atoms with Gasteiger partial charge in [-0.05, 0) is 19.3 Å². The molecule has 0 aliphatic carbocycles. The van der Waals surface area contributed by atoms with Crippen molar-refractivity contribution in [3.8, 4) is 0 Å². The average molecular weight is 235 g/mol. The molecule has 0 aromatic carbocycles. The van der Waals surface area contributed by atoms with Gasteiger partial charge in [-0.15, -0.1) is 0 Å². The topological polar surface area (TPSA) is 53.9 Å². The third-order valence-corrected chi connectivity index (χ3v) is 3.02. The zero-order valence-electron chi connectivity index (χ0n) is 10.9. The van der Waals surface area contributed by atoms with E-state index in [-0.39, 0.29) is 0 Å². The van der Waals surface area contributed by atoms with E-state index in [1.165, 1.54) is 19.3 Å². The molecule has 0 amide bonds. The number of rotatable bonds is 3. The van der Waals surface area contributed by atoms with Gasteiger partial charge in [-0.1, -0.05) is 13.8 Å². The second-order valence-electron chi connectivity index (χ2n) is 4.77. The number of hydrogen-bond donors (Lipinski definition) is 1. The highest BCUT2D eigenvalue weighted by atomic mass is 15.3. The lowest BCUT2D eigenvalue weighted by atomic mass is 10.1. The van der Waals surface area contributed by atoms with Crippen molar-refractivity contribution in [2.45, 2.75) is 39.0 Å². The minimum Gasteiger partial charge on any atom is -0.357 e. The zero-order valence-corrected chi connectivity index (χ0v) is 10.9. The molecule has 0 spiro atoms. The molecule has 0 bridgehead atoms. The summed E-state index contributed by atoms with van der Waals surface area (Å²) in [5.74, 6) is 2.69. The Morgan fingerprint density at radius 1 is 1.06 bits per heavy atom. The van der Waals surface area contributed by atoms with Crippen LogP contribution < -0.4 is 10.2 Å². The smallest absolute Gasteiger partial charge is 0.230 e. The Morgan fingerprint density at radius 3 is 2.35 bits per heavy atom. The first-order valence-electron chi connectivity index (χ1n) is 6.39. The quantitative estimate of drug-likeness (QED) is 0.868. The maximum atomic E-state index is 4.57. The molecule has 1 N–H and O–H groups in total. The largest absolute Gasteiger partial charge is 0.357 e. The van der Waals surface area contributed by atoms with Crippen molar-refractivity contribution in [2.75, 3.05) is 30.4 Å². The average Bonchev–Trinajstić information content (AvgIpc) is 2.39. The molecule has 1 aromatic heterocycles. The van der Waals surface area contributed by atoms with E-state index in [0.29, 0.717) is 11.9 Å². The van der Waals surface area contributed by atoms with E-state index in [1.54, 1.807) is 0 Å². The van der Waals surface area contributed by atoms with Crippen LogP contribution in [0.2, 0.25) is 0 Å². The molecule has 5 nitrogen and oxygen atoms in total. The molecular formula is C12H21N5. The molecule has 2 rings (SSSR count). The van der Waals surface area contributed by atoms with Gasteiger partial charge < -0.3 is 10.2 Å². The number of piperidine rings is 1. The van der Waals surface area contributed by atoms with Crippen molar-refractivity contribution in [1.29, 1.82) is 0 Å². The van der Waals surface area contributed by atoms with E-state index in [9.17, 15) is 0 Å². The Balaban J connectivity index is 2.28. The Morgan fingerprint density at radius 2 is 1.76 bits per heavy atom. The Labute approximate surface area is 103 Å². The molecular weight excluding hydrogens is 214 g/mol. The third kappa shape index (κ3) is 2.84. The minimum atomic E-state index is 0.327. The lowest BCUT2D eigenvalue weighted by Crippen LogP contribution is -2.31. The van der Waals surface area contributed by atoms with Crippen LogP contribution in [0.1, 0.15) is 44.9 Å². The first kappa shape index (κ1) is 12.1. The van der Waals surface area contributed by atoms with E-state index >= 15 is 0 Å². The zero-order chi connectivity index (χ0) is 12.3. The Hall–Kier alpha value is -1.39. The lowest BCUT2D eigenvalue weighted by Gasteiger charge is -2.27. The summed E-state index contributed by atoms with van der Waals surface area (Å²) in [5, 5.41) is 3.01. The third-order valence-electron chi connectivity index (χ3n) is 3.02. The van der Waals surface area contributed by atoms with Gasteiger partial charge in [0, 0.05) is 26.1 Å². The molecule has 0 saturated carbocycles. The Kier molecular flexibility index (Phi) is 3.76. The summed E-state index contributed by atoms with van der Waals surface area (Å²) in [5.41, 5.74) is 0. The van der Waals surface area contributed by atoms with Crippen molar-refractivity contribution in [1.82, 2.24) is 15.0 Å². The molecule has 17 heavy (non-hydrogen) atoms. The summed E-state index contributed by atoms with van der Waals surface area (Å²) in [7, 11) is 1.85. The lowest BCUT2D eigenvalue weighted by molar-refractivity contribution is 0.565. The fourth-order valence-corrected chi connectivity index (χ4v) is 1.99. The maximum absolute atomic E-state index is 4.57. The Bertz CT molecular complexity index is 371. The predicted octanol–water partition coefficient (Wildman–Crippen LogP) is 2.03. The predicted molar refractivity (Wildman–Crippen MR) is 69.5 cm³/mol. The molecule has 5 heteroatoms. The molecule has 1 aromatic rings. The highest BCUT2D eigenvalue weighted by molar-refractivity contribution is 5.37. The van der Waals surface area contributed by atoms with Crippen molar-refractivity contribution in [3.63, 3.8) is 0 Å². The van der Waals surface area contributed by atoms with E-state index in [4.69, 9.17) is 0 Å². The van der Waals surface area contributed by atoms with Gasteiger partial charge in [0.2, 0.25) is 11.9 Å². The fraction of sp³-hybridized carbons (Fsp3) is 0.750. The standard InChI is InChI=1S/C12H21N5/c1-9(2)10-14-11(13-3)16-12(15-10)17-7-5-4-6-8-17/h9H,4-8H2,1-3H3,(H,13,14,15,16). The normalized spacial score (nSPS) is 16.4. The van der Waals surface area contributed by atoms with Gasteiger partial charge in [-0.25, -0.2) is 0 Å². The summed E-state index contributed by atoms with van der Waals surface area (Å²) in [6, 6.07) is 0. The van der Waals surface area contributed by atoms with Gasteiger partial charge in [0.1, 0.15) is 5.82 Å². The number of nitrogens with one attached hydrogen (secondary N) is 1.